The number of unbranched alkanes of at least 4 members (excludes halogenated alkanes) is 36. The molecule has 1 heterocycles. The molecule has 9 nitrogen and oxygen atoms in total. The van der Waals surface area contributed by atoms with Gasteiger partial charge in [0.25, 0.3) is 0 Å². The van der Waals surface area contributed by atoms with Gasteiger partial charge in [0.2, 0.25) is 0 Å². The van der Waals surface area contributed by atoms with Crippen molar-refractivity contribution in [3.8, 4) is 0 Å². The van der Waals surface area contributed by atoms with Crippen molar-refractivity contribution in [3.63, 3.8) is 0 Å². The molecule has 0 spiro atoms. The molecule has 1 aliphatic rings. The van der Waals surface area contributed by atoms with Crippen molar-refractivity contribution in [2.24, 2.45) is 0 Å². The highest BCUT2D eigenvalue weighted by Crippen LogP contribution is 2.23. The van der Waals surface area contributed by atoms with E-state index in [0.29, 0.717) is 13.0 Å². The molecule has 364 valence electrons. The summed E-state index contributed by atoms with van der Waals surface area (Å²) in [5, 5.41) is 40.2. The van der Waals surface area contributed by atoms with Crippen LogP contribution in [0.5, 0.6) is 0 Å². The fraction of sp³-hybridized carbons (Fsp3) is 0.981. The Morgan fingerprint density at radius 2 is 0.803 bits per heavy atom. The van der Waals surface area contributed by atoms with E-state index in [0.717, 1.165) is 32.1 Å². The van der Waals surface area contributed by atoms with Crippen LogP contribution in [0.4, 0.5) is 0 Å². The zero-order valence-electron chi connectivity index (χ0n) is 40.2. The van der Waals surface area contributed by atoms with Crippen LogP contribution in [-0.2, 0) is 23.7 Å². The van der Waals surface area contributed by atoms with Crippen LogP contribution >= 0.6 is 0 Å². The maximum atomic E-state index is 12.8. The number of rotatable bonds is 47. The minimum absolute atomic E-state index is 0.104. The summed E-state index contributed by atoms with van der Waals surface area (Å²) in [6.07, 6.45) is 42.8. The van der Waals surface area contributed by atoms with Gasteiger partial charge in [-0.1, -0.05) is 245 Å². The first-order chi connectivity index (χ1) is 29.9. The molecule has 6 atom stereocenters. The van der Waals surface area contributed by atoms with E-state index in [2.05, 4.69) is 13.8 Å². The number of carbonyl (C=O) groups is 1. The molecule has 0 saturated carbocycles. The standard InChI is InChI=1S/C52H102O9/c1-3-5-7-9-11-13-15-17-19-21-22-23-24-25-27-29-31-33-35-37-39-41-48(54)60-46(45-59-52-51(57)50(56)49(55)47(43-53)61-52)44-58-42-40-38-36-34-32-30-28-26-20-18-16-14-12-10-8-6-4-2/h46-47,49-53,55-57H,3-45H2,1-2H3. The van der Waals surface area contributed by atoms with E-state index in [4.69, 9.17) is 18.9 Å². The van der Waals surface area contributed by atoms with E-state index >= 15 is 0 Å². The fourth-order valence-electron chi connectivity index (χ4n) is 8.61. The minimum Gasteiger partial charge on any atom is -0.457 e. The summed E-state index contributed by atoms with van der Waals surface area (Å²) < 4.78 is 22.9. The molecule has 0 radical (unpaired) electrons. The van der Waals surface area contributed by atoms with Crippen molar-refractivity contribution in [2.75, 3.05) is 26.4 Å². The Bertz CT molecular complexity index is 904. The topological polar surface area (TPSA) is 135 Å². The number of ether oxygens (including phenoxy) is 4. The van der Waals surface area contributed by atoms with Gasteiger partial charge in [-0.3, -0.25) is 4.79 Å². The zero-order chi connectivity index (χ0) is 44.3. The van der Waals surface area contributed by atoms with E-state index in [-0.39, 0.29) is 19.2 Å². The van der Waals surface area contributed by atoms with Crippen molar-refractivity contribution >= 4 is 5.97 Å². The summed E-state index contributed by atoms with van der Waals surface area (Å²) in [4.78, 5) is 12.8. The lowest BCUT2D eigenvalue weighted by Gasteiger charge is -2.39. The number of hydrogen-bond donors (Lipinski definition) is 4. The zero-order valence-corrected chi connectivity index (χ0v) is 40.2. The normalized spacial score (nSPS) is 19.7. The highest BCUT2D eigenvalue weighted by molar-refractivity contribution is 5.69. The van der Waals surface area contributed by atoms with Gasteiger partial charge in [0, 0.05) is 13.0 Å². The summed E-state index contributed by atoms with van der Waals surface area (Å²) in [6, 6.07) is 0. The molecule has 0 bridgehead atoms. The quantitative estimate of drug-likeness (QED) is 0.0348. The third-order valence-corrected chi connectivity index (χ3v) is 12.8. The molecule has 0 aromatic rings. The third kappa shape index (κ3) is 35.2. The number of hydrogen-bond acceptors (Lipinski definition) is 9. The Labute approximate surface area is 376 Å². The molecular formula is C52H102O9. The van der Waals surface area contributed by atoms with Crippen molar-refractivity contribution in [1.82, 2.24) is 0 Å². The van der Waals surface area contributed by atoms with Gasteiger partial charge in [0.15, 0.2) is 6.29 Å². The van der Waals surface area contributed by atoms with Crippen molar-refractivity contribution in [1.29, 1.82) is 0 Å². The number of aliphatic hydroxyl groups is 4. The summed E-state index contributed by atoms with van der Waals surface area (Å²) >= 11 is 0. The van der Waals surface area contributed by atoms with E-state index in [1.165, 1.54) is 212 Å². The van der Waals surface area contributed by atoms with Crippen LogP contribution < -0.4 is 0 Å². The summed E-state index contributed by atoms with van der Waals surface area (Å²) in [6.45, 7) is 4.63. The monoisotopic (exact) mass is 871 g/mol. The van der Waals surface area contributed by atoms with Gasteiger partial charge in [-0.05, 0) is 12.8 Å². The highest BCUT2D eigenvalue weighted by Gasteiger charge is 2.44. The molecule has 6 unspecified atom stereocenters. The second-order valence-electron chi connectivity index (χ2n) is 18.7. The smallest absolute Gasteiger partial charge is 0.306 e. The third-order valence-electron chi connectivity index (χ3n) is 12.8. The Morgan fingerprint density at radius 1 is 0.459 bits per heavy atom. The highest BCUT2D eigenvalue weighted by atomic mass is 16.7. The summed E-state index contributed by atoms with van der Waals surface area (Å²) in [5.74, 6) is -0.304. The number of carbonyl (C=O) groups excluding carboxylic acids is 1. The molecular weight excluding hydrogens is 769 g/mol. The SMILES string of the molecule is CCCCCCCCCCCCCCCCCCCCCCCC(=O)OC(COCCCCCCCCCCCCCCCCCCC)COC1OC(CO)C(O)C(O)C1O. The lowest BCUT2D eigenvalue weighted by atomic mass is 9.99. The molecule has 4 N–H and O–H groups in total. The molecule has 0 aromatic heterocycles. The Hall–Kier alpha value is -0.810. The van der Waals surface area contributed by atoms with Crippen molar-refractivity contribution in [3.05, 3.63) is 0 Å². The average molecular weight is 871 g/mol. The molecule has 61 heavy (non-hydrogen) atoms. The van der Waals surface area contributed by atoms with Crippen LogP contribution in [0.1, 0.15) is 264 Å². The van der Waals surface area contributed by atoms with E-state index < -0.39 is 43.4 Å². The van der Waals surface area contributed by atoms with Gasteiger partial charge in [0.1, 0.15) is 30.5 Å². The van der Waals surface area contributed by atoms with Crippen LogP contribution in [0, 0.1) is 0 Å². The van der Waals surface area contributed by atoms with Crippen LogP contribution in [0.3, 0.4) is 0 Å². The van der Waals surface area contributed by atoms with E-state index in [1.807, 2.05) is 0 Å². The molecule has 0 aromatic carbocycles. The molecule has 1 saturated heterocycles. The van der Waals surface area contributed by atoms with Gasteiger partial charge in [-0.2, -0.15) is 0 Å². The number of aliphatic hydroxyl groups excluding tert-OH is 4. The first-order valence-electron chi connectivity index (χ1n) is 26.6. The minimum atomic E-state index is -1.53. The first kappa shape index (κ1) is 58.2. The molecule has 1 rings (SSSR count). The molecule has 9 heteroatoms. The fourth-order valence-corrected chi connectivity index (χ4v) is 8.61. The van der Waals surface area contributed by atoms with Gasteiger partial charge >= 0.3 is 5.97 Å². The Balaban J connectivity index is 2.16. The largest absolute Gasteiger partial charge is 0.457 e. The van der Waals surface area contributed by atoms with Crippen LogP contribution in [-0.4, -0.2) is 89.6 Å². The summed E-state index contributed by atoms with van der Waals surface area (Å²) in [5.41, 5.74) is 0. The van der Waals surface area contributed by atoms with Crippen molar-refractivity contribution < 1.29 is 44.2 Å². The van der Waals surface area contributed by atoms with Crippen LogP contribution in [0.25, 0.3) is 0 Å². The second kappa shape index (κ2) is 44.4. The van der Waals surface area contributed by atoms with Gasteiger partial charge < -0.3 is 39.4 Å². The van der Waals surface area contributed by atoms with E-state index in [9.17, 15) is 25.2 Å². The lowest BCUT2D eigenvalue weighted by molar-refractivity contribution is -0.305. The molecule has 1 aliphatic heterocycles. The van der Waals surface area contributed by atoms with Crippen LogP contribution in [0.15, 0.2) is 0 Å². The van der Waals surface area contributed by atoms with Gasteiger partial charge in [0.05, 0.1) is 19.8 Å². The molecule has 0 amide bonds. The predicted molar refractivity (Wildman–Crippen MR) is 252 cm³/mol. The van der Waals surface area contributed by atoms with Gasteiger partial charge in [-0.25, -0.2) is 0 Å². The van der Waals surface area contributed by atoms with Crippen LogP contribution in [0.2, 0.25) is 0 Å². The second-order valence-corrected chi connectivity index (χ2v) is 18.7. The molecule has 1 fully saturated rings. The lowest BCUT2D eigenvalue weighted by Crippen LogP contribution is -2.59. The number of esters is 1. The maximum absolute atomic E-state index is 12.8. The maximum Gasteiger partial charge on any atom is 0.306 e. The molecule has 0 aliphatic carbocycles. The van der Waals surface area contributed by atoms with E-state index in [1.54, 1.807) is 0 Å². The Kier molecular flexibility index (Phi) is 42.4. The van der Waals surface area contributed by atoms with Gasteiger partial charge in [-0.15, -0.1) is 0 Å². The van der Waals surface area contributed by atoms with Crippen molar-refractivity contribution in [2.45, 2.75) is 301 Å². The summed E-state index contributed by atoms with van der Waals surface area (Å²) in [7, 11) is 0. The Morgan fingerprint density at radius 3 is 1.16 bits per heavy atom. The predicted octanol–water partition coefficient (Wildman–Crippen LogP) is 13.0. The first-order valence-corrected chi connectivity index (χ1v) is 26.6. The average Bonchev–Trinajstić information content (AvgIpc) is 3.26.